The van der Waals surface area contributed by atoms with Crippen molar-refractivity contribution < 1.29 is 9.90 Å². The van der Waals surface area contributed by atoms with Crippen LogP contribution in [0.1, 0.15) is 21.5 Å². The van der Waals surface area contributed by atoms with E-state index in [1.807, 2.05) is 25.1 Å². The largest absolute Gasteiger partial charge is 0.506 e. The van der Waals surface area contributed by atoms with Gasteiger partial charge in [-0.25, -0.2) is 0 Å². The summed E-state index contributed by atoms with van der Waals surface area (Å²) in [5.41, 5.74) is 2.47. The van der Waals surface area contributed by atoms with Gasteiger partial charge in [0.2, 0.25) is 0 Å². The van der Waals surface area contributed by atoms with E-state index in [0.29, 0.717) is 5.56 Å². The lowest BCUT2D eigenvalue weighted by atomic mass is 10.1. The number of hydrogen-bond acceptors (Lipinski definition) is 2. The number of aryl methyl sites for hydroxylation is 1. The molecule has 0 heterocycles. The number of hydrogen-bond donors (Lipinski definition) is 1. The van der Waals surface area contributed by atoms with E-state index in [1.165, 1.54) is 12.1 Å². The summed E-state index contributed by atoms with van der Waals surface area (Å²) >= 11 is 5.80. The molecule has 2 rings (SSSR count). The molecule has 0 bridgehead atoms. The Hall–Kier alpha value is -2.06. The molecule has 0 atom stereocenters. The second-order valence-corrected chi connectivity index (χ2v) is 4.69. The maximum absolute atomic E-state index is 12.0. The zero-order valence-electron chi connectivity index (χ0n) is 10.4. The van der Waals surface area contributed by atoms with Gasteiger partial charge in [0.25, 0.3) is 0 Å². The molecule has 19 heavy (non-hydrogen) atoms. The van der Waals surface area contributed by atoms with Gasteiger partial charge in [-0.1, -0.05) is 47.5 Å². The molecule has 2 aromatic carbocycles. The highest BCUT2D eigenvalue weighted by Gasteiger charge is 2.02. The highest BCUT2D eigenvalue weighted by atomic mass is 35.5. The molecule has 0 amide bonds. The Labute approximate surface area is 117 Å². The number of carbonyl (C=O) groups excluding carboxylic acids is 1. The molecule has 0 aliphatic carbocycles. The van der Waals surface area contributed by atoms with Gasteiger partial charge in [0.05, 0.1) is 5.02 Å². The van der Waals surface area contributed by atoms with Crippen LogP contribution in [0.5, 0.6) is 5.75 Å². The van der Waals surface area contributed by atoms with Crippen LogP contribution in [0.4, 0.5) is 0 Å². The van der Waals surface area contributed by atoms with Crippen LogP contribution in [0.15, 0.2) is 48.5 Å². The summed E-state index contributed by atoms with van der Waals surface area (Å²) in [7, 11) is 0. The highest BCUT2D eigenvalue weighted by molar-refractivity contribution is 6.32. The number of rotatable bonds is 3. The molecule has 0 fully saturated rings. The Morgan fingerprint density at radius 2 is 2.00 bits per heavy atom. The molecular weight excluding hydrogens is 260 g/mol. The van der Waals surface area contributed by atoms with Crippen molar-refractivity contribution in [3.8, 4) is 5.75 Å². The zero-order chi connectivity index (χ0) is 13.8. The summed E-state index contributed by atoms with van der Waals surface area (Å²) in [6, 6.07) is 12.2. The van der Waals surface area contributed by atoms with Gasteiger partial charge in [-0.2, -0.15) is 0 Å². The summed E-state index contributed by atoms with van der Waals surface area (Å²) in [6.07, 6.45) is 3.17. The van der Waals surface area contributed by atoms with Crippen LogP contribution in [0, 0.1) is 6.92 Å². The van der Waals surface area contributed by atoms with Gasteiger partial charge in [0.15, 0.2) is 5.78 Å². The van der Waals surface area contributed by atoms with Gasteiger partial charge in [-0.3, -0.25) is 4.79 Å². The first-order valence-corrected chi connectivity index (χ1v) is 6.21. The fourth-order valence-electron chi connectivity index (χ4n) is 1.69. The molecule has 2 nitrogen and oxygen atoms in total. The average molecular weight is 273 g/mol. The van der Waals surface area contributed by atoms with E-state index < -0.39 is 0 Å². The summed E-state index contributed by atoms with van der Waals surface area (Å²) in [5.74, 6) is -0.0308. The van der Waals surface area contributed by atoms with E-state index in [9.17, 15) is 9.90 Å². The van der Waals surface area contributed by atoms with Crippen molar-refractivity contribution in [1.29, 1.82) is 0 Å². The number of halogens is 1. The van der Waals surface area contributed by atoms with Crippen LogP contribution in [0.25, 0.3) is 6.08 Å². The summed E-state index contributed by atoms with van der Waals surface area (Å²) in [6.45, 7) is 1.94. The predicted molar refractivity (Wildman–Crippen MR) is 77.7 cm³/mol. The van der Waals surface area contributed by atoms with Gasteiger partial charge >= 0.3 is 0 Å². The minimum Gasteiger partial charge on any atom is -0.506 e. The van der Waals surface area contributed by atoms with Crippen molar-refractivity contribution in [3.63, 3.8) is 0 Å². The molecule has 0 radical (unpaired) electrons. The minimum absolute atomic E-state index is 0.0313. The van der Waals surface area contributed by atoms with Crippen molar-refractivity contribution in [2.75, 3.05) is 0 Å². The molecule has 0 saturated carbocycles. The third-order valence-corrected chi connectivity index (χ3v) is 3.00. The molecule has 1 N–H and O–H groups in total. The zero-order valence-corrected chi connectivity index (χ0v) is 11.2. The van der Waals surface area contributed by atoms with Crippen LogP contribution in [-0.4, -0.2) is 10.9 Å². The molecule has 0 saturated heterocycles. The maximum Gasteiger partial charge on any atom is 0.185 e. The first-order valence-electron chi connectivity index (χ1n) is 5.84. The normalized spacial score (nSPS) is 10.8. The number of benzene rings is 2. The minimum atomic E-state index is -0.0621. The average Bonchev–Trinajstić information content (AvgIpc) is 2.40. The number of ketones is 1. The van der Waals surface area contributed by atoms with Crippen molar-refractivity contribution in [1.82, 2.24) is 0 Å². The molecular formula is C16H13ClO2. The molecule has 0 aromatic heterocycles. The van der Waals surface area contributed by atoms with E-state index >= 15 is 0 Å². The number of aromatic hydroxyl groups is 1. The topological polar surface area (TPSA) is 37.3 Å². The predicted octanol–water partition coefficient (Wildman–Crippen LogP) is 4.25. The molecule has 0 spiro atoms. The van der Waals surface area contributed by atoms with Gasteiger partial charge < -0.3 is 5.11 Å². The van der Waals surface area contributed by atoms with Crippen LogP contribution in [-0.2, 0) is 0 Å². The third kappa shape index (κ3) is 3.46. The number of carbonyl (C=O) groups is 1. The Bertz CT molecular complexity index is 645. The quantitative estimate of drug-likeness (QED) is 0.670. The summed E-state index contributed by atoms with van der Waals surface area (Å²) in [4.78, 5) is 12.0. The van der Waals surface area contributed by atoms with Crippen LogP contribution in [0.3, 0.4) is 0 Å². The lowest BCUT2D eigenvalue weighted by molar-refractivity contribution is 0.104. The molecule has 2 aromatic rings. The molecule has 0 unspecified atom stereocenters. The third-order valence-electron chi connectivity index (χ3n) is 2.70. The van der Waals surface area contributed by atoms with E-state index in [2.05, 4.69) is 0 Å². The second-order valence-electron chi connectivity index (χ2n) is 4.28. The van der Waals surface area contributed by atoms with Gasteiger partial charge in [-0.15, -0.1) is 0 Å². The number of phenolic OH excluding ortho intramolecular Hbond substituents is 1. The number of allylic oxidation sites excluding steroid dienone is 1. The van der Waals surface area contributed by atoms with Crippen molar-refractivity contribution in [3.05, 3.63) is 70.3 Å². The second kappa shape index (κ2) is 5.72. The molecule has 3 heteroatoms. The first kappa shape index (κ1) is 13.4. The van der Waals surface area contributed by atoms with Crippen LogP contribution in [0.2, 0.25) is 5.02 Å². The van der Waals surface area contributed by atoms with E-state index in [1.54, 1.807) is 24.3 Å². The van der Waals surface area contributed by atoms with E-state index in [4.69, 9.17) is 11.6 Å². The Morgan fingerprint density at radius 3 is 2.68 bits per heavy atom. The highest BCUT2D eigenvalue weighted by Crippen LogP contribution is 2.24. The Morgan fingerprint density at radius 1 is 1.21 bits per heavy atom. The Kier molecular flexibility index (Phi) is 4.03. The maximum atomic E-state index is 12.0. The first-order chi connectivity index (χ1) is 9.06. The van der Waals surface area contributed by atoms with Gasteiger partial charge in [0, 0.05) is 5.56 Å². The fraction of sp³-hybridized carbons (Fsp3) is 0.0625. The van der Waals surface area contributed by atoms with Crippen LogP contribution < -0.4 is 0 Å². The van der Waals surface area contributed by atoms with Crippen molar-refractivity contribution >= 4 is 23.5 Å². The number of phenols is 1. The van der Waals surface area contributed by atoms with Crippen LogP contribution >= 0.6 is 11.6 Å². The standard InChI is InChI=1S/C16H13ClO2/c1-11-3-2-4-13(9-11)15(18)7-5-12-6-8-16(19)14(17)10-12/h2-10,19H,1H3. The Balaban J connectivity index is 2.18. The smallest absolute Gasteiger partial charge is 0.185 e. The van der Waals surface area contributed by atoms with Crippen molar-refractivity contribution in [2.24, 2.45) is 0 Å². The van der Waals surface area contributed by atoms with Crippen molar-refractivity contribution in [2.45, 2.75) is 6.92 Å². The van der Waals surface area contributed by atoms with Gasteiger partial charge in [0.1, 0.15) is 5.75 Å². The summed E-state index contributed by atoms with van der Waals surface area (Å²) in [5, 5.41) is 9.58. The lowest BCUT2D eigenvalue weighted by Crippen LogP contribution is -1.94. The fourth-order valence-corrected chi connectivity index (χ4v) is 1.88. The van der Waals surface area contributed by atoms with E-state index in [0.717, 1.165) is 11.1 Å². The molecule has 0 aliphatic heterocycles. The molecule has 96 valence electrons. The lowest BCUT2D eigenvalue weighted by Gasteiger charge is -1.99. The monoisotopic (exact) mass is 272 g/mol. The van der Waals surface area contributed by atoms with E-state index in [-0.39, 0.29) is 16.6 Å². The molecule has 0 aliphatic rings. The SMILES string of the molecule is Cc1cccc(C(=O)C=Cc2ccc(O)c(Cl)c2)c1. The summed E-state index contributed by atoms with van der Waals surface area (Å²) < 4.78 is 0. The van der Waals surface area contributed by atoms with Gasteiger partial charge in [-0.05, 0) is 36.8 Å².